The maximum absolute atomic E-state index is 13.3. The summed E-state index contributed by atoms with van der Waals surface area (Å²) in [4.78, 5) is 0. The fraction of sp³-hybridized carbons (Fsp3) is 0.438. The summed E-state index contributed by atoms with van der Waals surface area (Å²) in [5, 5.41) is 17.8. The van der Waals surface area contributed by atoms with Crippen LogP contribution < -0.4 is 5.32 Å². The standard InChI is InChI=1S/C16H21F2N3O/c1-9(13-8-19-21(4)11(13)3)20-10(2)16(22)12-5-6-14(17)15(18)7-12/h5-10,16,20,22H,1-4H3. The highest BCUT2D eigenvalue weighted by molar-refractivity contribution is 5.23. The second kappa shape index (κ2) is 6.54. The van der Waals surface area contributed by atoms with Crippen molar-refractivity contribution in [2.24, 2.45) is 7.05 Å². The third kappa shape index (κ3) is 3.34. The first kappa shape index (κ1) is 16.6. The molecule has 0 fully saturated rings. The lowest BCUT2D eigenvalue weighted by Crippen LogP contribution is -2.34. The number of aryl methyl sites for hydroxylation is 1. The zero-order chi connectivity index (χ0) is 16.4. The Hall–Kier alpha value is -1.79. The molecule has 1 aromatic heterocycles. The number of halogens is 2. The Bertz CT molecular complexity index is 657. The lowest BCUT2D eigenvalue weighted by atomic mass is 10.0. The molecule has 3 atom stereocenters. The van der Waals surface area contributed by atoms with Crippen LogP contribution in [0, 0.1) is 18.6 Å². The van der Waals surface area contributed by atoms with Gasteiger partial charge in [-0.15, -0.1) is 0 Å². The number of hydrogen-bond acceptors (Lipinski definition) is 3. The first-order valence-electron chi connectivity index (χ1n) is 7.18. The summed E-state index contributed by atoms with van der Waals surface area (Å²) in [5.41, 5.74) is 2.41. The van der Waals surface area contributed by atoms with Gasteiger partial charge in [0.25, 0.3) is 0 Å². The van der Waals surface area contributed by atoms with Gasteiger partial charge < -0.3 is 10.4 Å². The number of hydrogen-bond donors (Lipinski definition) is 2. The molecule has 4 nitrogen and oxygen atoms in total. The molecule has 2 rings (SSSR count). The van der Waals surface area contributed by atoms with Crippen molar-refractivity contribution in [1.82, 2.24) is 15.1 Å². The average molecular weight is 309 g/mol. The van der Waals surface area contributed by atoms with Crippen LogP contribution in [0.3, 0.4) is 0 Å². The number of nitrogens with zero attached hydrogens (tertiary/aromatic N) is 2. The Balaban J connectivity index is 2.09. The van der Waals surface area contributed by atoms with Gasteiger partial charge in [0.2, 0.25) is 0 Å². The summed E-state index contributed by atoms with van der Waals surface area (Å²) >= 11 is 0. The third-order valence-corrected chi connectivity index (χ3v) is 4.01. The fourth-order valence-electron chi connectivity index (χ4n) is 2.50. The van der Waals surface area contributed by atoms with E-state index in [0.29, 0.717) is 5.56 Å². The molecular formula is C16H21F2N3O. The van der Waals surface area contributed by atoms with Crippen LogP contribution >= 0.6 is 0 Å². The van der Waals surface area contributed by atoms with E-state index in [1.54, 1.807) is 17.8 Å². The molecule has 0 saturated carbocycles. The van der Waals surface area contributed by atoms with E-state index in [1.165, 1.54) is 6.07 Å². The van der Waals surface area contributed by atoms with Crippen LogP contribution in [0.25, 0.3) is 0 Å². The van der Waals surface area contributed by atoms with Crippen LogP contribution in [0.5, 0.6) is 0 Å². The van der Waals surface area contributed by atoms with E-state index in [1.807, 2.05) is 20.9 Å². The Morgan fingerprint density at radius 2 is 1.91 bits per heavy atom. The van der Waals surface area contributed by atoms with Crippen LogP contribution in [0.2, 0.25) is 0 Å². The number of aliphatic hydroxyl groups is 1. The smallest absolute Gasteiger partial charge is 0.159 e. The van der Waals surface area contributed by atoms with E-state index in [-0.39, 0.29) is 12.1 Å². The van der Waals surface area contributed by atoms with Crippen molar-refractivity contribution in [3.05, 3.63) is 52.9 Å². The number of aromatic nitrogens is 2. The van der Waals surface area contributed by atoms with Crippen molar-refractivity contribution < 1.29 is 13.9 Å². The van der Waals surface area contributed by atoms with E-state index < -0.39 is 17.7 Å². The Labute approximate surface area is 128 Å². The molecule has 0 saturated heterocycles. The quantitative estimate of drug-likeness (QED) is 0.893. The molecule has 0 aliphatic carbocycles. The largest absolute Gasteiger partial charge is 0.387 e. The number of nitrogens with one attached hydrogen (secondary N) is 1. The predicted molar refractivity (Wildman–Crippen MR) is 80.3 cm³/mol. The van der Waals surface area contributed by atoms with Gasteiger partial charge in [-0.3, -0.25) is 4.68 Å². The summed E-state index contributed by atoms with van der Waals surface area (Å²) in [6.07, 6.45) is 0.846. The Morgan fingerprint density at radius 3 is 2.45 bits per heavy atom. The third-order valence-electron chi connectivity index (χ3n) is 4.01. The van der Waals surface area contributed by atoms with Gasteiger partial charge in [0.15, 0.2) is 11.6 Å². The second-order valence-electron chi connectivity index (χ2n) is 5.60. The average Bonchev–Trinajstić information content (AvgIpc) is 2.81. The molecule has 0 aliphatic rings. The van der Waals surface area contributed by atoms with Crippen molar-refractivity contribution in [1.29, 1.82) is 0 Å². The predicted octanol–water partition coefficient (Wildman–Crippen LogP) is 2.78. The first-order chi connectivity index (χ1) is 10.3. The molecule has 0 aliphatic heterocycles. The summed E-state index contributed by atoms with van der Waals surface area (Å²) in [7, 11) is 1.87. The highest BCUT2D eigenvalue weighted by Gasteiger charge is 2.21. The van der Waals surface area contributed by atoms with E-state index >= 15 is 0 Å². The number of aliphatic hydroxyl groups excluding tert-OH is 1. The van der Waals surface area contributed by atoms with Crippen LogP contribution in [-0.4, -0.2) is 20.9 Å². The molecule has 120 valence electrons. The highest BCUT2D eigenvalue weighted by Crippen LogP contribution is 2.23. The molecule has 3 unspecified atom stereocenters. The van der Waals surface area contributed by atoms with Gasteiger partial charge in [-0.05, 0) is 38.5 Å². The van der Waals surface area contributed by atoms with Gasteiger partial charge in [0, 0.05) is 30.4 Å². The molecule has 1 heterocycles. The lowest BCUT2D eigenvalue weighted by molar-refractivity contribution is 0.130. The maximum atomic E-state index is 13.3. The van der Waals surface area contributed by atoms with E-state index in [0.717, 1.165) is 23.4 Å². The SMILES string of the molecule is Cc1c(C(C)NC(C)C(O)c2ccc(F)c(F)c2)cnn1C. The number of rotatable bonds is 5. The molecule has 2 aromatic rings. The zero-order valence-corrected chi connectivity index (χ0v) is 13.1. The lowest BCUT2D eigenvalue weighted by Gasteiger charge is -2.25. The van der Waals surface area contributed by atoms with Crippen LogP contribution in [0.1, 0.15) is 42.8 Å². The van der Waals surface area contributed by atoms with E-state index in [4.69, 9.17) is 0 Å². The minimum absolute atomic E-state index is 0.0244. The van der Waals surface area contributed by atoms with Gasteiger partial charge in [0.1, 0.15) is 0 Å². The zero-order valence-electron chi connectivity index (χ0n) is 13.1. The molecule has 22 heavy (non-hydrogen) atoms. The second-order valence-corrected chi connectivity index (χ2v) is 5.60. The van der Waals surface area contributed by atoms with Crippen LogP contribution in [0.4, 0.5) is 8.78 Å². The molecule has 2 N–H and O–H groups in total. The highest BCUT2D eigenvalue weighted by atomic mass is 19.2. The summed E-state index contributed by atoms with van der Waals surface area (Å²) in [5.74, 6) is -1.88. The van der Waals surface area contributed by atoms with Crippen molar-refractivity contribution in [3.8, 4) is 0 Å². The van der Waals surface area contributed by atoms with Crippen LogP contribution in [-0.2, 0) is 7.05 Å². The Kier molecular flexibility index (Phi) is 4.93. The van der Waals surface area contributed by atoms with Gasteiger partial charge >= 0.3 is 0 Å². The van der Waals surface area contributed by atoms with E-state index in [9.17, 15) is 13.9 Å². The monoisotopic (exact) mass is 309 g/mol. The summed E-state index contributed by atoms with van der Waals surface area (Å²) in [6, 6.07) is 3.08. The van der Waals surface area contributed by atoms with E-state index in [2.05, 4.69) is 10.4 Å². The molecular weight excluding hydrogens is 288 g/mol. The topological polar surface area (TPSA) is 50.1 Å². The maximum Gasteiger partial charge on any atom is 0.159 e. The van der Waals surface area contributed by atoms with Gasteiger partial charge in [-0.2, -0.15) is 5.10 Å². The van der Waals surface area contributed by atoms with Gasteiger partial charge in [-0.25, -0.2) is 8.78 Å². The van der Waals surface area contributed by atoms with Gasteiger partial charge in [0.05, 0.1) is 12.3 Å². The normalized spacial score (nSPS) is 15.6. The summed E-state index contributed by atoms with van der Waals surface area (Å²) in [6.45, 7) is 5.74. The summed E-state index contributed by atoms with van der Waals surface area (Å²) < 4.78 is 28.0. The molecule has 1 aromatic carbocycles. The molecule has 0 spiro atoms. The number of benzene rings is 1. The molecule has 0 bridgehead atoms. The molecule has 0 radical (unpaired) electrons. The molecule has 6 heteroatoms. The van der Waals surface area contributed by atoms with Crippen LogP contribution in [0.15, 0.2) is 24.4 Å². The van der Waals surface area contributed by atoms with Crippen molar-refractivity contribution in [2.45, 2.75) is 39.0 Å². The minimum Gasteiger partial charge on any atom is -0.387 e. The van der Waals surface area contributed by atoms with Crippen molar-refractivity contribution in [2.75, 3.05) is 0 Å². The van der Waals surface area contributed by atoms with Crippen molar-refractivity contribution in [3.63, 3.8) is 0 Å². The fourth-order valence-corrected chi connectivity index (χ4v) is 2.50. The van der Waals surface area contributed by atoms with Gasteiger partial charge in [-0.1, -0.05) is 6.07 Å². The first-order valence-corrected chi connectivity index (χ1v) is 7.18. The Morgan fingerprint density at radius 1 is 1.23 bits per heavy atom. The molecule has 0 amide bonds. The minimum atomic E-state index is -0.958. The van der Waals surface area contributed by atoms with Crippen molar-refractivity contribution >= 4 is 0 Å².